The minimum atomic E-state index is 0.887. The second-order valence-corrected chi connectivity index (χ2v) is 7.01. The molecule has 0 radical (unpaired) electrons. The first-order chi connectivity index (χ1) is 10.3. The zero-order valence-corrected chi connectivity index (χ0v) is 13.4. The van der Waals surface area contributed by atoms with E-state index >= 15 is 0 Å². The quantitative estimate of drug-likeness (QED) is 0.540. The summed E-state index contributed by atoms with van der Waals surface area (Å²) in [5.74, 6) is 0.887. The summed E-state index contributed by atoms with van der Waals surface area (Å²) in [5, 5.41) is 0. The van der Waals surface area contributed by atoms with Crippen molar-refractivity contribution in [3.63, 3.8) is 0 Å². The Hall–Kier alpha value is -1.85. The van der Waals surface area contributed by atoms with E-state index in [-0.39, 0.29) is 0 Å². The second kappa shape index (κ2) is 4.86. The zero-order valence-electron chi connectivity index (χ0n) is 11.8. The van der Waals surface area contributed by atoms with Gasteiger partial charge in [-0.1, -0.05) is 18.3 Å². The molecule has 0 aliphatic heterocycles. The number of imidazole rings is 1. The molecule has 3 aromatic heterocycles. The van der Waals surface area contributed by atoms with Crippen molar-refractivity contribution in [3.05, 3.63) is 41.4 Å². The number of aryl methyl sites for hydroxylation is 1. The molecular weight excluding hydrogens is 300 g/mol. The first-order valence-electron chi connectivity index (χ1n) is 6.83. The van der Waals surface area contributed by atoms with Crippen molar-refractivity contribution in [1.82, 2.24) is 9.38 Å². The summed E-state index contributed by atoms with van der Waals surface area (Å²) in [7, 11) is 1.69. The van der Waals surface area contributed by atoms with Crippen LogP contribution in [0.2, 0.25) is 0 Å². The third kappa shape index (κ3) is 2.04. The van der Waals surface area contributed by atoms with Gasteiger partial charge < -0.3 is 4.74 Å². The molecule has 3 heterocycles. The molecule has 5 heteroatoms. The number of hydrogen-bond acceptors (Lipinski definition) is 4. The lowest BCUT2D eigenvalue weighted by Crippen LogP contribution is -1.82. The maximum atomic E-state index is 5.28. The molecule has 0 atom stereocenters. The third-order valence-electron chi connectivity index (χ3n) is 3.56. The summed E-state index contributed by atoms with van der Waals surface area (Å²) in [6.45, 7) is 2.18. The number of hydrogen-bond donors (Lipinski definition) is 0. The standard InChI is InChI=1S/C16H14N2OS2/c1-3-11-5-7-14(20-11)12-9-18-13-6-4-10(19-2)8-15(13)21-16(18)17-12/h4-9H,3H2,1-2H3. The SMILES string of the molecule is CCc1ccc(-c2cn3c(n2)sc2cc(OC)ccc23)s1. The molecule has 0 aliphatic carbocycles. The molecular formula is C16H14N2OS2. The Labute approximate surface area is 130 Å². The summed E-state index contributed by atoms with van der Waals surface area (Å²) in [6.07, 6.45) is 3.21. The molecule has 0 aliphatic rings. The van der Waals surface area contributed by atoms with E-state index in [4.69, 9.17) is 9.72 Å². The normalized spacial score (nSPS) is 11.5. The number of thiazole rings is 1. The number of methoxy groups -OCH3 is 1. The van der Waals surface area contributed by atoms with Crippen LogP contribution in [-0.2, 0) is 6.42 Å². The van der Waals surface area contributed by atoms with Gasteiger partial charge >= 0.3 is 0 Å². The number of fused-ring (bicyclic) bond motifs is 3. The van der Waals surface area contributed by atoms with Crippen molar-refractivity contribution < 1.29 is 4.74 Å². The van der Waals surface area contributed by atoms with Gasteiger partial charge in [-0.2, -0.15) is 0 Å². The molecule has 0 spiro atoms. The fraction of sp³-hybridized carbons (Fsp3) is 0.188. The Morgan fingerprint density at radius 1 is 1.19 bits per heavy atom. The minimum Gasteiger partial charge on any atom is -0.497 e. The van der Waals surface area contributed by atoms with Crippen LogP contribution < -0.4 is 4.74 Å². The average Bonchev–Trinajstić information content (AvgIpc) is 3.19. The van der Waals surface area contributed by atoms with Crippen LogP contribution in [0.15, 0.2) is 36.5 Å². The fourth-order valence-corrected chi connectivity index (χ4v) is 4.37. The lowest BCUT2D eigenvalue weighted by Gasteiger charge is -1.98. The summed E-state index contributed by atoms with van der Waals surface area (Å²) in [4.78, 5) is 8.44. The van der Waals surface area contributed by atoms with Gasteiger partial charge in [-0.15, -0.1) is 11.3 Å². The van der Waals surface area contributed by atoms with Crippen molar-refractivity contribution in [2.45, 2.75) is 13.3 Å². The number of thiophene rings is 1. The van der Waals surface area contributed by atoms with Crippen LogP contribution in [0.3, 0.4) is 0 Å². The molecule has 0 unspecified atom stereocenters. The number of nitrogens with zero attached hydrogens (tertiary/aromatic N) is 2. The Bertz CT molecular complexity index is 932. The second-order valence-electron chi connectivity index (χ2n) is 4.83. The number of ether oxygens (including phenoxy) is 1. The average molecular weight is 314 g/mol. The highest BCUT2D eigenvalue weighted by Crippen LogP contribution is 2.33. The van der Waals surface area contributed by atoms with Crippen LogP contribution in [0.5, 0.6) is 5.75 Å². The van der Waals surface area contributed by atoms with E-state index in [1.807, 2.05) is 17.4 Å². The summed E-state index contributed by atoms with van der Waals surface area (Å²) in [5.41, 5.74) is 2.24. The largest absolute Gasteiger partial charge is 0.497 e. The van der Waals surface area contributed by atoms with Crippen molar-refractivity contribution >= 4 is 37.9 Å². The lowest BCUT2D eigenvalue weighted by molar-refractivity contribution is 0.415. The van der Waals surface area contributed by atoms with Crippen LogP contribution in [0, 0.1) is 0 Å². The molecule has 106 valence electrons. The third-order valence-corrected chi connectivity index (χ3v) is 5.83. The maximum Gasteiger partial charge on any atom is 0.195 e. The highest BCUT2D eigenvalue weighted by molar-refractivity contribution is 7.23. The van der Waals surface area contributed by atoms with Gasteiger partial charge in [0, 0.05) is 11.1 Å². The molecule has 0 N–H and O–H groups in total. The number of aromatic nitrogens is 2. The van der Waals surface area contributed by atoms with Gasteiger partial charge in [-0.05, 0) is 36.8 Å². The number of rotatable bonds is 3. The number of benzene rings is 1. The van der Waals surface area contributed by atoms with E-state index in [0.717, 1.165) is 22.8 Å². The first kappa shape index (κ1) is 12.9. The van der Waals surface area contributed by atoms with Crippen molar-refractivity contribution in [2.24, 2.45) is 0 Å². The van der Waals surface area contributed by atoms with Gasteiger partial charge in [-0.25, -0.2) is 4.98 Å². The topological polar surface area (TPSA) is 26.5 Å². The first-order valence-corrected chi connectivity index (χ1v) is 8.46. The maximum absolute atomic E-state index is 5.28. The zero-order chi connectivity index (χ0) is 14.4. The minimum absolute atomic E-state index is 0.887. The van der Waals surface area contributed by atoms with E-state index in [2.05, 4.69) is 41.8 Å². The molecule has 3 nitrogen and oxygen atoms in total. The van der Waals surface area contributed by atoms with Crippen LogP contribution in [0.1, 0.15) is 11.8 Å². The van der Waals surface area contributed by atoms with E-state index in [1.165, 1.54) is 20.0 Å². The van der Waals surface area contributed by atoms with E-state index in [1.54, 1.807) is 18.4 Å². The van der Waals surface area contributed by atoms with Gasteiger partial charge in [0.05, 0.1) is 22.2 Å². The predicted octanol–water partition coefficient (Wildman–Crippen LogP) is 4.85. The van der Waals surface area contributed by atoms with Gasteiger partial charge in [0.25, 0.3) is 0 Å². The van der Waals surface area contributed by atoms with E-state index < -0.39 is 0 Å². The Kier molecular flexibility index (Phi) is 2.97. The Morgan fingerprint density at radius 3 is 2.86 bits per heavy atom. The van der Waals surface area contributed by atoms with Gasteiger partial charge in [0.2, 0.25) is 0 Å². The van der Waals surface area contributed by atoms with Gasteiger partial charge in [0.1, 0.15) is 11.4 Å². The van der Waals surface area contributed by atoms with Crippen LogP contribution in [0.4, 0.5) is 0 Å². The molecule has 1 aromatic carbocycles. The van der Waals surface area contributed by atoms with E-state index in [9.17, 15) is 0 Å². The van der Waals surface area contributed by atoms with Crippen molar-refractivity contribution in [1.29, 1.82) is 0 Å². The monoisotopic (exact) mass is 314 g/mol. The van der Waals surface area contributed by atoms with Crippen LogP contribution >= 0.6 is 22.7 Å². The summed E-state index contributed by atoms with van der Waals surface area (Å²) >= 11 is 3.52. The van der Waals surface area contributed by atoms with E-state index in [0.29, 0.717) is 0 Å². The van der Waals surface area contributed by atoms with Gasteiger partial charge in [0.15, 0.2) is 4.96 Å². The highest BCUT2D eigenvalue weighted by Gasteiger charge is 2.12. The lowest BCUT2D eigenvalue weighted by atomic mass is 10.3. The summed E-state index contributed by atoms with van der Waals surface area (Å²) in [6, 6.07) is 10.5. The molecule has 0 amide bonds. The molecule has 0 saturated carbocycles. The van der Waals surface area contributed by atoms with Crippen molar-refractivity contribution in [2.75, 3.05) is 7.11 Å². The van der Waals surface area contributed by atoms with Crippen LogP contribution in [0.25, 0.3) is 25.7 Å². The Morgan fingerprint density at radius 2 is 2.10 bits per heavy atom. The summed E-state index contributed by atoms with van der Waals surface area (Å²) < 4.78 is 8.65. The van der Waals surface area contributed by atoms with Gasteiger partial charge in [-0.3, -0.25) is 4.40 Å². The van der Waals surface area contributed by atoms with Crippen LogP contribution in [-0.4, -0.2) is 16.5 Å². The molecule has 4 aromatic rings. The molecule has 0 bridgehead atoms. The molecule has 4 rings (SSSR count). The smallest absolute Gasteiger partial charge is 0.195 e. The highest BCUT2D eigenvalue weighted by atomic mass is 32.1. The Balaban J connectivity index is 1.86. The molecule has 21 heavy (non-hydrogen) atoms. The van der Waals surface area contributed by atoms with Crippen molar-refractivity contribution in [3.8, 4) is 16.3 Å². The molecule has 0 fully saturated rings. The predicted molar refractivity (Wildman–Crippen MR) is 89.8 cm³/mol. The molecule has 0 saturated heterocycles. The fourth-order valence-electron chi connectivity index (χ4n) is 2.43.